The maximum atomic E-state index is 13.5. The van der Waals surface area contributed by atoms with E-state index in [1.54, 1.807) is 0 Å². The second-order valence-electron chi connectivity index (χ2n) is 10.9. The van der Waals surface area contributed by atoms with E-state index >= 15 is 0 Å². The summed E-state index contributed by atoms with van der Waals surface area (Å²) in [5, 5.41) is 11.6. The fourth-order valence-corrected chi connectivity index (χ4v) is 9.45. The Hall–Kier alpha value is -2.36. The van der Waals surface area contributed by atoms with Crippen LogP contribution >= 0.6 is 11.8 Å². The Labute approximate surface area is 259 Å². The topological polar surface area (TPSA) is 66.8 Å². The van der Waals surface area contributed by atoms with Gasteiger partial charge in [0, 0.05) is 0 Å². The van der Waals surface area contributed by atoms with Crippen LogP contribution in [-0.2, 0) is 7.86 Å². The number of alkyl halides is 1. The number of Topliss-reactive ketones (excluding diaryl/α,β-unsaturated/α-hetero) is 1. The Morgan fingerprint density at radius 1 is 1.20 bits per heavy atom. The number of hydrogen-bond acceptors (Lipinski definition) is 6. The SMILES string of the molecule is CCN1c2ccc(C(=O)C3=C(C)CCC=C3)cc2C2C=C(C(O)C(CCSC3=CC=CCC3)[I-]OC(C)=O)C=CC21. The van der Waals surface area contributed by atoms with Crippen molar-refractivity contribution < 1.29 is 39.4 Å². The minimum absolute atomic E-state index is 0.0467. The van der Waals surface area contributed by atoms with Gasteiger partial charge in [0.15, 0.2) is 0 Å². The molecule has 0 saturated carbocycles. The number of aliphatic hydroxyl groups is 1. The van der Waals surface area contributed by atoms with Gasteiger partial charge in [-0.25, -0.2) is 0 Å². The molecule has 4 atom stereocenters. The normalized spacial score (nSPS) is 22.7. The van der Waals surface area contributed by atoms with Gasteiger partial charge in [0.2, 0.25) is 0 Å². The van der Waals surface area contributed by atoms with Crippen molar-refractivity contribution in [1.82, 2.24) is 0 Å². The van der Waals surface area contributed by atoms with E-state index in [-0.39, 0.29) is 27.6 Å². The van der Waals surface area contributed by atoms with E-state index in [1.807, 2.05) is 23.9 Å². The molecular formula is C34H39INO4S-. The molecule has 4 aliphatic rings. The molecule has 4 unspecified atom stereocenters. The molecule has 0 spiro atoms. The number of rotatable bonds is 11. The molecule has 1 aromatic rings. The zero-order valence-corrected chi connectivity index (χ0v) is 27.0. The molecule has 5 rings (SSSR count). The molecule has 1 N–H and O–H groups in total. The second kappa shape index (κ2) is 13.7. The number of hydrogen-bond donors (Lipinski definition) is 1. The third-order valence-electron chi connectivity index (χ3n) is 8.17. The number of carbonyl (C=O) groups is 2. The van der Waals surface area contributed by atoms with E-state index in [9.17, 15) is 14.7 Å². The number of anilines is 1. The van der Waals surface area contributed by atoms with Crippen LogP contribution in [-0.4, -0.2) is 45.2 Å². The molecule has 1 heterocycles. The summed E-state index contributed by atoms with van der Waals surface area (Å²) in [6.45, 7) is 6.50. The summed E-state index contributed by atoms with van der Waals surface area (Å²) in [6, 6.07) is 6.27. The molecule has 218 valence electrons. The maximum absolute atomic E-state index is 13.5. The molecule has 0 fully saturated rings. The fraction of sp³-hybridized carbons (Fsp3) is 0.412. The van der Waals surface area contributed by atoms with Gasteiger partial charge in [-0.15, -0.1) is 0 Å². The van der Waals surface area contributed by atoms with Gasteiger partial charge in [0.25, 0.3) is 0 Å². The van der Waals surface area contributed by atoms with Crippen LogP contribution in [0, 0.1) is 0 Å². The molecule has 0 radical (unpaired) electrons. The number of thioether (sulfide) groups is 1. The average molecular weight is 685 g/mol. The van der Waals surface area contributed by atoms with Crippen molar-refractivity contribution in [3.05, 3.63) is 99.6 Å². The number of carbonyl (C=O) groups excluding carboxylic acids is 2. The summed E-state index contributed by atoms with van der Waals surface area (Å²) < 4.78 is 5.42. The second-order valence-corrected chi connectivity index (χ2v) is 14.7. The molecule has 1 aromatic carbocycles. The van der Waals surface area contributed by atoms with Crippen LogP contribution in [0.5, 0.6) is 0 Å². The van der Waals surface area contributed by atoms with Gasteiger partial charge in [-0.1, -0.05) is 0 Å². The predicted molar refractivity (Wildman–Crippen MR) is 164 cm³/mol. The van der Waals surface area contributed by atoms with Crippen molar-refractivity contribution in [3.8, 4) is 0 Å². The Bertz CT molecular complexity index is 1370. The zero-order chi connectivity index (χ0) is 28.9. The molecule has 1 aliphatic heterocycles. The van der Waals surface area contributed by atoms with Crippen molar-refractivity contribution in [1.29, 1.82) is 0 Å². The summed E-state index contributed by atoms with van der Waals surface area (Å²) >= 11 is 0.867. The van der Waals surface area contributed by atoms with Crippen LogP contribution in [0.2, 0.25) is 0 Å². The molecule has 0 aromatic heterocycles. The number of benzene rings is 1. The van der Waals surface area contributed by atoms with Gasteiger partial charge in [-0.3, -0.25) is 0 Å². The van der Waals surface area contributed by atoms with Crippen LogP contribution in [0.3, 0.4) is 0 Å². The number of fused-ring (bicyclic) bond motifs is 3. The van der Waals surface area contributed by atoms with Gasteiger partial charge in [-0.05, 0) is 6.42 Å². The van der Waals surface area contributed by atoms with Gasteiger partial charge in [-0.2, -0.15) is 0 Å². The molecule has 41 heavy (non-hydrogen) atoms. The van der Waals surface area contributed by atoms with Gasteiger partial charge in [0.05, 0.1) is 0 Å². The number of aliphatic hydroxyl groups excluding tert-OH is 1. The van der Waals surface area contributed by atoms with E-state index in [0.29, 0.717) is 5.56 Å². The first-order valence-corrected chi connectivity index (χ1v) is 17.7. The minimum atomic E-state index is -0.974. The predicted octanol–water partition coefficient (Wildman–Crippen LogP) is 3.98. The number of nitrogens with zero attached hydrogens (tertiary/aromatic N) is 1. The van der Waals surface area contributed by atoms with Crippen molar-refractivity contribution in [2.45, 2.75) is 74.9 Å². The Balaban J connectivity index is 1.38. The number of halogens is 1. The fourth-order valence-electron chi connectivity index (χ4n) is 6.01. The molecule has 0 amide bonds. The van der Waals surface area contributed by atoms with Gasteiger partial charge in [0.1, 0.15) is 0 Å². The number of likely N-dealkylation sites (N-methyl/N-ethyl adjacent to an activating group) is 1. The first-order chi connectivity index (χ1) is 19.9. The van der Waals surface area contributed by atoms with E-state index in [2.05, 4.69) is 73.4 Å². The third kappa shape index (κ3) is 6.83. The van der Waals surface area contributed by atoms with E-state index in [1.165, 1.54) is 11.8 Å². The van der Waals surface area contributed by atoms with Crippen molar-refractivity contribution in [2.24, 2.45) is 0 Å². The van der Waals surface area contributed by atoms with Crippen molar-refractivity contribution in [3.63, 3.8) is 0 Å². The monoisotopic (exact) mass is 684 g/mol. The van der Waals surface area contributed by atoms with Crippen LogP contribution in [0.15, 0.2) is 88.4 Å². The van der Waals surface area contributed by atoms with E-state index in [4.69, 9.17) is 3.07 Å². The first-order valence-electron chi connectivity index (χ1n) is 14.6. The summed E-state index contributed by atoms with van der Waals surface area (Å²) in [5.74, 6) is 0.725. The van der Waals surface area contributed by atoms with E-state index < -0.39 is 27.7 Å². The quantitative estimate of drug-likeness (QED) is 0.216. The van der Waals surface area contributed by atoms with Crippen LogP contribution in [0.25, 0.3) is 0 Å². The molecule has 3 aliphatic carbocycles. The number of ketones is 1. The summed E-state index contributed by atoms with van der Waals surface area (Å²) in [4.78, 5) is 28.9. The first kappa shape index (κ1) is 30.1. The third-order valence-corrected chi connectivity index (χ3v) is 12.2. The van der Waals surface area contributed by atoms with Crippen molar-refractivity contribution >= 4 is 29.2 Å². The molecule has 7 heteroatoms. The molecule has 0 bridgehead atoms. The Morgan fingerprint density at radius 2 is 2.02 bits per heavy atom. The molecular weight excluding hydrogens is 645 g/mol. The van der Waals surface area contributed by atoms with Gasteiger partial charge >= 0.3 is 254 Å². The standard InChI is InChI=1S/C34H39INO4S/c1-4-36-31-16-14-24(33(38)27-13-9-8-10-22(27)2)20-28(31)29-21-25(15-17-32(29)36)34(39)30(35-40-23(3)37)18-19-41-26-11-6-5-7-12-26/h5-6,9,11,13-17,20-21,29-30,32,34,39H,4,7-8,10,12,18-19H2,1-3H3/q-1. The van der Waals surface area contributed by atoms with Crippen LogP contribution in [0.4, 0.5) is 5.69 Å². The Morgan fingerprint density at radius 3 is 2.76 bits per heavy atom. The van der Waals surface area contributed by atoms with Crippen LogP contribution < -0.4 is 26.5 Å². The Kier molecular flexibility index (Phi) is 10.1. The van der Waals surface area contributed by atoms with Crippen LogP contribution in [0.1, 0.15) is 74.7 Å². The number of allylic oxidation sites excluding steroid dienone is 8. The molecule has 5 nitrogen and oxygen atoms in total. The van der Waals surface area contributed by atoms with Crippen molar-refractivity contribution in [2.75, 3.05) is 17.2 Å². The summed E-state index contributed by atoms with van der Waals surface area (Å²) in [5.41, 5.74) is 5.83. The zero-order valence-electron chi connectivity index (χ0n) is 24.0. The van der Waals surface area contributed by atoms with Gasteiger partial charge < -0.3 is 0 Å². The summed E-state index contributed by atoms with van der Waals surface area (Å²) in [6.07, 6.45) is 21.1. The summed E-state index contributed by atoms with van der Waals surface area (Å²) in [7, 11) is 0. The van der Waals surface area contributed by atoms with E-state index in [0.717, 1.165) is 72.4 Å². The average Bonchev–Trinajstić information content (AvgIpc) is 3.31. The molecule has 0 saturated heterocycles.